The number of alkyl halides is 1. The van der Waals surface area contributed by atoms with Crippen LogP contribution in [-0.2, 0) is 4.74 Å². The summed E-state index contributed by atoms with van der Waals surface area (Å²) in [5.74, 6) is 0. The highest BCUT2D eigenvalue weighted by molar-refractivity contribution is 9.09. The van der Waals surface area contributed by atoms with Crippen molar-refractivity contribution in [3.63, 3.8) is 0 Å². The third-order valence-electron chi connectivity index (χ3n) is 2.18. The lowest BCUT2D eigenvalue weighted by Crippen LogP contribution is -2.16. The van der Waals surface area contributed by atoms with Gasteiger partial charge in [0, 0.05) is 18.0 Å². The topological polar surface area (TPSA) is 9.23 Å². The van der Waals surface area contributed by atoms with Gasteiger partial charge >= 0.3 is 0 Å². The Labute approximate surface area is 91.4 Å². The molecular weight excluding hydrogens is 228 g/mol. The van der Waals surface area contributed by atoms with Gasteiger partial charge < -0.3 is 4.74 Å². The maximum absolute atomic E-state index is 5.32. The summed E-state index contributed by atoms with van der Waals surface area (Å²) in [6, 6.07) is 0. The monoisotopic (exact) mass is 250 g/mol. The largest absolute Gasteiger partial charge is 0.382 e. The normalized spacial score (nSPS) is 14.5. The van der Waals surface area contributed by atoms with E-state index >= 15 is 0 Å². The van der Waals surface area contributed by atoms with E-state index < -0.39 is 0 Å². The van der Waals surface area contributed by atoms with Crippen LogP contribution in [0.5, 0.6) is 0 Å². The maximum Gasteiger partial charge on any atom is 0.0466 e. The van der Waals surface area contributed by atoms with E-state index in [-0.39, 0.29) is 0 Å². The van der Waals surface area contributed by atoms with Gasteiger partial charge in [0.2, 0.25) is 0 Å². The molecule has 0 aliphatic heterocycles. The zero-order chi connectivity index (χ0) is 10.3. The molecule has 1 atom stereocenters. The number of rotatable bonds is 7. The third-order valence-corrected chi connectivity index (χ3v) is 2.50. The van der Waals surface area contributed by atoms with Gasteiger partial charge in [0.05, 0.1) is 0 Å². The van der Waals surface area contributed by atoms with E-state index in [1.165, 1.54) is 19.3 Å². The minimum atomic E-state index is 0.444. The summed E-state index contributed by atoms with van der Waals surface area (Å²) in [6.45, 7) is 10.7. The van der Waals surface area contributed by atoms with E-state index in [0.717, 1.165) is 13.2 Å². The van der Waals surface area contributed by atoms with Crippen molar-refractivity contribution in [3.8, 4) is 0 Å². The van der Waals surface area contributed by atoms with E-state index in [0.29, 0.717) is 10.2 Å². The first-order valence-electron chi connectivity index (χ1n) is 5.20. The molecule has 0 saturated carbocycles. The van der Waals surface area contributed by atoms with Crippen LogP contribution in [0.15, 0.2) is 0 Å². The molecule has 0 amide bonds. The molecular formula is C11H23BrO. The second-order valence-electron chi connectivity index (χ2n) is 4.45. The van der Waals surface area contributed by atoms with Crippen LogP contribution in [0.3, 0.4) is 0 Å². The quantitative estimate of drug-likeness (QED) is 0.491. The minimum Gasteiger partial charge on any atom is -0.382 e. The predicted octanol–water partition coefficient (Wildman–Crippen LogP) is 4.00. The molecule has 1 nitrogen and oxygen atoms in total. The molecule has 0 aromatic rings. The molecule has 0 bridgehead atoms. The summed E-state index contributed by atoms with van der Waals surface area (Å²) < 4.78 is 5.32. The van der Waals surface area contributed by atoms with Gasteiger partial charge in [-0.1, -0.05) is 36.7 Å². The van der Waals surface area contributed by atoms with Crippen LogP contribution in [-0.4, -0.2) is 18.0 Å². The molecule has 80 valence electrons. The van der Waals surface area contributed by atoms with Crippen LogP contribution in [0.25, 0.3) is 0 Å². The second kappa shape index (κ2) is 6.83. The molecule has 13 heavy (non-hydrogen) atoms. The summed E-state index contributed by atoms with van der Waals surface area (Å²) in [7, 11) is 0. The van der Waals surface area contributed by atoms with Crippen LogP contribution in [0.2, 0.25) is 0 Å². The summed E-state index contributed by atoms with van der Waals surface area (Å²) >= 11 is 3.60. The maximum atomic E-state index is 5.32. The predicted molar refractivity (Wildman–Crippen MR) is 62.5 cm³/mol. The average molecular weight is 251 g/mol. The van der Waals surface area contributed by atoms with Gasteiger partial charge in [-0.15, -0.1) is 0 Å². The molecule has 0 aliphatic carbocycles. The average Bonchev–Trinajstić information content (AvgIpc) is 1.95. The van der Waals surface area contributed by atoms with E-state index in [4.69, 9.17) is 4.74 Å². The van der Waals surface area contributed by atoms with Crippen LogP contribution >= 0.6 is 15.9 Å². The van der Waals surface area contributed by atoms with Crippen LogP contribution in [0, 0.1) is 5.41 Å². The molecule has 0 heterocycles. The van der Waals surface area contributed by atoms with Crippen molar-refractivity contribution in [2.45, 2.75) is 51.8 Å². The second-order valence-corrected chi connectivity index (χ2v) is 6.01. The van der Waals surface area contributed by atoms with Gasteiger partial charge in [0.15, 0.2) is 0 Å². The van der Waals surface area contributed by atoms with Crippen molar-refractivity contribution in [2.75, 3.05) is 13.2 Å². The Morgan fingerprint density at radius 2 is 2.00 bits per heavy atom. The van der Waals surface area contributed by atoms with Gasteiger partial charge in [0.25, 0.3) is 0 Å². The van der Waals surface area contributed by atoms with Crippen molar-refractivity contribution < 1.29 is 4.74 Å². The smallest absolute Gasteiger partial charge is 0.0466 e. The highest BCUT2D eigenvalue weighted by Gasteiger charge is 2.19. The molecule has 0 spiro atoms. The molecule has 0 aromatic heterocycles. The molecule has 0 aliphatic rings. The number of hydrogen-bond donors (Lipinski definition) is 0. The molecule has 0 aromatic carbocycles. The highest BCUT2D eigenvalue weighted by atomic mass is 79.9. The van der Waals surface area contributed by atoms with Gasteiger partial charge in [-0.3, -0.25) is 0 Å². The first-order valence-corrected chi connectivity index (χ1v) is 6.11. The summed E-state index contributed by atoms with van der Waals surface area (Å²) in [5.41, 5.74) is 0.444. The van der Waals surface area contributed by atoms with Crippen molar-refractivity contribution in [1.29, 1.82) is 0 Å². The van der Waals surface area contributed by atoms with Gasteiger partial charge in [0.1, 0.15) is 0 Å². The van der Waals surface area contributed by atoms with Crippen LogP contribution in [0.4, 0.5) is 0 Å². The molecule has 0 radical (unpaired) electrons. The number of halogens is 1. The van der Waals surface area contributed by atoms with Gasteiger partial charge in [-0.05, 0) is 31.6 Å². The zero-order valence-electron chi connectivity index (χ0n) is 9.40. The Bertz CT molecular complexity index is 121. The summed E-state index contributed by atoms with van der Waals surface area (Å²) in [4.78, 5) is 0.620. The summed E-state index contributed by atoms with van der Waals surface area (Å²) in [6.07, 6.45) is 3.67. The fourth-order valence-corrected chi connectivity index (χ4v) is 2.54. The Morgan fingerprint density at radius 1 is 1.38 bits per heavy atom. The molecule has 0 N–H and O–H groups in total. The SMILES string of the molecule is CCOCCCC(C)(C)CC(C)Br. The Morgan fingerprint density at radius 3 is 2.46 bits per heavy atom. The van der Waals surface area contributed by atoms with Crippen molar-refractivity contribution in [2.24, 2.45) is 5.41 Å². The van der Waals surface area contributed by atoms with E-state index in [1.807, 2.05) is 6.92 Å². The fraction of sp³-hybridized carbons (Fsp3) is 1.00. The van der Waals surface area contributed by atoms with Gasteiger partial charge in [-0.2, -0.15) is 0 Å². The van der Waals surface area contributed by atoms with Crippen molar-refractivity contribution in [3.05, 3.63) is 0 Å². The van der Waals surface area contributed by atoms with Crippen LogP contribution < -0.4 is 0 Å². The molecule has 0 rings (SSSR count). The molecule has 2 heteroatoms. The number of ether oxygens (including phenoxy) is 1. The van der Waals surface area contributed by atoms with E-state index in [2.05, 4.69) is 36.7 Å². The van der Waals surface area contributed by atoms with Crippen LogP contribution in [0.1, 0.15) is 47.0 Å². The number of hydrogen-bond acceptors (Lipinski definition) is 1. The summed E-state index contributed by atoms with van der Waals surface area (Å²) in [5, 5.41) is 0. The van der Waals surface area contributed by atoms with E-state index in [9.17, 15) is 0 Å². The first kappa shape index (κ1) is 13.4. The minimum absolute atomic E-state index is 0.444. The molecule has 0 fully saturated rings. The zero-order valence-corrected chi connectivity index (χ0v) is 11.0. The Hall–Kier alpha value is 0.440. The lowest BCUT2D eigenvalue weighted by Gasteiger charge is -2.25. The standard InChI is InChI=1S/C11H23BrO/c1-5-13-8-6-7-11(3,4)9-10(2)12/h10H,5-9H2,1-4H3. The van der Waals surface area contributed by atoms with E-state index in [1.54, 1.807) is 0 Å². The Balaban J connectivity index is 3.50. The molecule has 1 unspecified atom stereocenters. The lowest BCUT2D eigenvalue weighted by atomic mass is 9.83. The fourth-order valence-electron chi connectivity index (χ4n) is 1.66. The highest BCUT2D eigenvalue weighted by Crippen LogP contribution is 2.30. The van der Waals surface area contributed by atoms with Gasteiger partial charge in [-0.25, -0.2) is 0 Å². The third kappa shape index (κ3) is 8.76. The van der Waals surface area contributed by atoms with Crippen molar-refractivity contribution >= 4 is 15.9 Å². The first-order chi connectivity index (χ1) is 5.98. The van der Waals surface area contributed by atoms with Crippen molar-refractivity contribution in [1.82, 2.24) is 0 Å². The Kier molecular flexibility index (Phi) is 7.06. The lowest BCUT2D eigenvalue weighted by molar-refractivity contribution is 0.131. The molecule has 0 saturated heterocycles.